The summed E-state index contributed by atoms with van der Waals surface area (Å²) in [5, 5.41) is 4.51. The first-order chi connectivity index (χ1) is 13.1. The predicted molar refractivity (Wildman–Crippen MR) is 97.7 cm³/mol. The first-order valence-electron chi connectivity index (χ1n) is 9.45. The molecule has 7 nitrogen and oxygen atoms in total. The van der Waals surface area contributed by atoms with Crippen LogP contribution in [0.3, 0.4) is 0 Å². The van der Waals surface area contributed by atoms with E-state index in [1.165, 1.54) is 0 Å². The van der Waals surface area contributed by atoms with Crippen molar-refractivity contribution in [2.24, 2.45) is 7.05 Å². The maximum absolute atomic E-state index is 13.3. The number of likely N-dealkylation sites (tertiary alicyclic amines) is 1. The molecule has 140 valence electrons. The van der Waals surface area contributed by atoms with Crippen molar-refractivity contribution >= 4 is 11.8 Å². The highest BCUT2D eigenvalue weighted by Crippen LogP contribution is 2.45. The number of carbonyl (C=O) groups is 2. The van der Waals surface area contributed by atoms with E-state index < -0.39 is 5.72 Å². The number of carbonyl (C=O) groups excluding carboxylic acids is 2. The Morgan fingerprint density at radius 3 is 2.89 bits per heavy atom. The quantitative estimate of drug-likeness (QED) is 0.811. The van der Waals surface area contributed by atoms with Gasteiger partial charge >= 0.3 is 0 Å². The van der Waals surface area contributed by atoms with Crippen molar-refractivity contribution in [2.75, 3.05) is 19.7 Å². The summed E-state index contributed by atoms with van der Waals surface area (Å²) in [5.74, 6) is 0.00469. The Morgan fingerprint density at radius 1 is 1.26 bits per heavy atom. The van der Waals surface area contributed by atoms with E-state index in [-0.39, 0.29) is 17.9 Å². The van der Waals surface area contributed by atoms with Gasteiger partial charge in [-0.3, -0.25) is 14.3 Å². The number of hydrogen-bond acceptors (Lipinski definition) is 4. The monoisotopic (exact) mass is 366 g/mol. The summed E-state index contributed by atoms with van der Waals surface area (Å²) < 4.78 is 7.72. The van der Waals surface area contributed by atoms with Gasteiger partial charge in [0.05, 0.1) is 24.8 Å². The molecule has 2 atom stereocenters. The number of rotatable bonds is 2. The zero-order valence-electron chi connectivity index (χ0n) is 15.3. The summed E-state index contributed by atoms with van der Waals surface area (Å²) in [6, 6.07) is 11.4. The highest BCUT2D eigenvalue weighted by Gasteiger charge is 2.61. The molecular formula is C20H22N4O3. The SMILES string of the molecule is Cn1nc(-c2ccccc2)cc1C(=O)N1CC[C@@]23OCCCN2C(=O)C[C@@H]13. The van der Waals surface area contributed by atoms with Gasteiger partial charge in [0, 0.05) is 32.1 Å². The van der Waals surface area contributed by atoms with E-state index in [2.05, 4.69) is 5.10 Å². The van der Waals surface area contributed by atoms with E-state index in [1.807, 2.05) is 46.2 Å². The maximum atomic E-state index is 13.3. The third-order valence-electron chi connectivity index (χ3n) is 6.04. The standard InChI is InChI=1S/C20H22N4O3/c1-22-16(12-15(21-22)14-6-3-2-4-7-14)19(26)23-10-8-20-17(23)13-18(25)24(20)9-5-11-27-20/h2-4,6-7,12,17H,5,8-11,13H2,1H3/t17-,20+/m1/s1. The molecule has 3 aliphatic heterocycles. The van der Waals surface area contributed by atoms with Gasteiger partial charge in [0.15, 0.2) is 5.72 Å². The van der Waals surface area contributed by atoms with E-state index in [0.29, 0.717) is 31.7 Å². The second-order valence-corrected chi connectivity index (χ2v) is 7.47. The Hall–Kier alpha value is -2.67. The lowest BCUT2D eigenvalue weighted by molar-refractivity contribution is -0.179. The Balaban J connectivity index is 1.46. The first kappa shape index (κ1) is 16.5. The van der Waals surface area contributed by atoms with Crippen molar-refractivity contribution in [2.45, 2.75) is 31.0 Å². The molecule has 1 aromatic carbocycles. The Bertz CT molecular complexity index is 909. The third-order valence-corrected chi connectivity index (χ3v) is 6.04. The van der Waals surface area contributed by atoms with E-state index in [1.54, 1.807) is 11.7 Å². The van der Waals surface area contributed by atoms with Crippen LogP contribution in [0.1, 0.15) is 29.8 Å². The molecule has 0 N–H and O–H groups in total. The molecule has 0 saturated carbocycles. The van der Waals surface area contributed by atoms with Crippen molar-refractivity contribution in [1.82, 2.24) is 19.6 Å². The number of nitrogens with zero attached hydrogens (tertiary/aromatic N) is 4. The molecule has 5 rings (SSSR count). The molecule has 3 fully saturated rings. The van der Waals surface area contributed by atoms with Gasteiger partial charge in [-0.05, 0) is 12.5 Å². The molecule has 0 unspecified atom stereocenters. The Labute approximate surface area is 157 Å². The van der Waals surface area contributed by atoms with E-state index >= 15 is 0 Å². The molecule has 7 heteroatoms. The lowest BCUT2D eigenvalue weighted by Gasteiger charge is -2.42. The van der Waals surface area contributed by atoms with Crippen molar-refractivity contribution in [1.29, 1.82) is 0 Å². The molecule has 27 heavy (non-hydrogen) atoms. The van der Waals surface area contributed by atoms with E-state index in [9.17, 15) is 9.59 Å². The lowest BCUT2D eigenvalue weighted by atomic mass is 10.0. The average molecular weight is 366 g/mol. The highest BCUT2D eigenvalue weighted by atomic mass is 16.5. The molecule has 3 aliphatic rings. The molecule has 0 bridgehead atoms. The third kappa shape index (κ3) is 2.34. The number of ether oxygens (including phenoxy) is 1. The van der Waals surface area contributed by atoms with Crippen molar-refractivity contribution in [3.63, 3.8) is 0 Å². The molecule has 3 saturated heterocycles. The van der Waals surface area contributed by atoms with Gasteiger partial charge in [0.25, 0.3) is 5.91 Å². The van der Waals surface area contributed by atoms with Crippen LogP contribution in [0.25, 0.3) is 11.3 Å². The fraction of sp³-hybridized carbons (Fsp3) is 0.450. The van der Waals surface area contributed by atoms with E-state index in [0.717, 1.165) is 24.2 Å². The van der Waals surface area contributed by atoms with Gasteiger partial charge in [-0.25, -0.2) is 0 Å². The number of benzene rings is 1. The van der Waals surface area contributed by atoms with Crippen LogP contribution in [-0.4, -0.2) is 62.9 Å². The zero-order valence-corrected chi connectivity index (χ0v) is 15.3. The van der Waals surface area contributed by atoms with E-state index in [4.69, 9.17) is 4.74 Å². The predicted octanol–water partition coefficient (Wildman–Crippen LogP) is 1.65. The van der Waals surface area contributed by atoms with Crippen molar-refractivity contribution in [3.05, 3.63) is 42.1 Å². The highest BCUT2D eigenvalue weighted by molar-refractivity contribution is 5.95. The molecule has 1 spiro atoms. The molecule has 4 heterocycles. The second-order valence-electron chi connectivity index (χ2n) is 7.47. The largest absolute Gasteiger partial charge is 0.353 e. The van der Waals surface area contributed by atoms with Gasteiger partial charge in [0.2, 0.25) is 5.91 Å². The topological polar surface area (TPSA) is 67.7 Å². The van der Waals surface area contributed by atoms with Gasteiger partial charge in [-0.15, -0.1) is 0 Å². The Morgan fingerprint density at radius 2 is 2.07 bits per heavy atom. The van der Waals surface area contributed by atoms with Gasteiger partial charge in [0.1, 0.15) is 5.69 Å². The first-order valence-corrected chi connectivity index (χ1v) is 9.45. The number of aryl methyl sites for hydroxylation is 1. The van der Waals surface area contributed by atoms with Crippen LogP contribution in [-0.2, 0) is 16.6 Å². The lowest BCUT2D eigenvalue weighted by Crippen LogP contribution is -2.56. The van der Waals surface area contributed by atoms with Crippen LogP contribution < -0.4 is 0 Å². The van der Waals surface area contributed by atoms with Crippen LogP contribution in [0.5, 0.6) is 0 Å². The van der Waals surface area contributed by atoms with Gasteiger partial charge < -0.3 is 14.5 Å². The summed E-state index contributed by atoms with van der Waals surface area (Å²) in [7, 11) is 1.79. The van der Waals surface area contributed by atoms with Crippen LogP contribution in [0.15, 0.2) is 36.4 Å². The molecule has 2 aromatic rings. The fourth-order valence-electron chi connectivity index (χ4n) is 4.76. The molecule has 1 aromatic heterocycles. The summed E-state index contributed by atoms with van der Waals surface area (Å²) in [4.78, 5) is 29.4. The second kappa shape index (κ2) is 5.92. The van der Waals surface area contributed by atoms with Gasteiger partial charge in [-0.2, -0.15) is 5.10 Å². The maximum Gasteiger partial charge on any atom is 0.272 e. The number of hydrogen-bond donors (Lipinski definition) is 0. The summed E-state index contributed by atoms with van der Waals surface area (Å²) >= 11 is 0. The van der Waals surface area contributed by atoms with Crippen LogP contribution >= 0.6 is 0 Å². The van der Waals surface area contributed by atoms with Crippen LogP contribution in [0, 0.1) is 0 Å². The fourth-order valence-corrected chi connectivity index (χ4v) is 4.76. The minimum Gasteiger partial charge on any atom is -0.353 e. The molecule has 0 radical (unpaired) electrons. The summed E-state index contributed by atoms with van der Waals surface area (Å²) in [5.41, 5.74) is 1.66. The Kier molecular flexibility index (Phi) is 3.62. The summed E-state index contributed by atoms with van der Waals surface area (Å²) in [6.45, 7) is 1.96. The van der Waals surface area contributed by atoms with Crippen molar-refractivity contribution < 1.29 is 14.3 Å². The molecule has 0 aliphatic carbocycles. The van der Waals surface area contributed by atoms with Crippen LogP contribution in [0.4, 0.5) is 0 Å². The minimum absolute atomic E-state index is 0.0853. The molecular weight excluding hydrogens is 344 g/mol. The summed E-state index contributed by atoms with van der Waals surface area (Å²) in [6.07, 6.45) is 1.88. The normalized spacial score (nSPS) is 27.0. The smallest absolute Gasteiger partial charge is 0.272 e. The minimum atomic E-state index is -0.619. The van der Waals surface area contributed by atoms with Crippen LogP contribution in [0.2, 0.25) is 0 Å². The van der Waals surface area contributed by atoms with Crippen molar-refractivity contribution in [3.8, 4) is 11.3 Å². The van der Waals surface area contributed by atoms with Gasteiger partial charge in [-0.1, -0.05) is 30.3 Å². The molecule has 2 amide bonds. The average Bonchev–Trinajstić information content (AvgIpc) is 3.32. The number of aromatic nitrogens is 2. The number of amides is 2. The zero-order chi connectivity index (χ0) is 18.6.